The first-order valence-electron chi connectivity index (χ1n) is 12.1. The van der Waals surface area contributed by atoms with Crippen LogP contribution in [-0.2, 0) is 11.2 Å². The van der Waals surface area contributed by atoms with Gasteiger partial charge in [0.05, 0.1) is 22.6 Å². The maximum Gasteiger partial charge on any atom is 0.228 e. The Hall–Kier alpha value is -3.78. The van der Waals surface area contributed by atoms with Crippen LogP contribution in [-0.4, -0.2) is 37.4 Å². The Morgan fingerprint density at radius 1 is 1.10 bits per heavy atom. The molecule has 8 nitrogen and oxygen atoms in total. The molecule has 1 unspecified atom stereocenters. The quantitative estimate of drug-likeness (QED) is 0.249. The summed E-state index contributed by atoms with van der Waals surface area (Å²) in [5.74, 6) is -1.79. The Kier molecular flexibility index (Phi) is 6.18. The predicted octanol–water partition coefficient (Wildman–Crippen LogP) is 3.83. The number of nitrogens with zero attached hydrogens (tertiary/aromatic N) is 3. The number of benzene rings is 2. The van der Waals surface area contributed by atoms with Crippen molar-refractivity contribution in [2.24, 2.45) is 5.92 Å². The predicted molar refractivity (Wildman–Crippen MR) is 143 cm³/mol. The van der Waals surface area contributed by atoms with E-state index in [1.54, 1.807) is 48.7 Å². The molecule has 3 heterocycles. The summed E-state index contributed by atoms with van der Waals surface area (Å²) in [7, 11) is 0. The van der Waals surface area contributed by atoms with Gasteiger partial charge in [0.25, 0.3) is 0 Å². The van der Waals surface area contributed by atoms with Crippen LogP contribution >= 0.6 is 23.8 Å². The minimum Gasteiger partial charge on any atom is -0.476 e. The summed E-state index contributed by atoms with van der Waals surface area (Å²) in [6, 6.07) is 24.4. The normalized spacial score (nSPS) is 27.6. The minimum absolute atomic E-state index is 0.0794. The standard InChI is InChI=1S/C29H22ClN3O5S/c30-20-14-21-25(32-16-20)28(36)26(34)23(27(35)38-33-13-5-4-8-22(33)39)24(18-6-2-1-3-7-18)29(28,37-21)19-11-9-17(15-31)10-12-19/h1-14,16,23-24,26-27,34-36H/t23-,24-,26-,27?,28+,29+/m1/s1. The molecule has 196 valence electrons. The van der Waals surface area contributed by atoms with Gasteiger partial charge in [0.1, 0.15) is 22.2 Å². The molecule has 1 fully saturated rings. The number of pyridine rings is 2. The topological polar surface area (TPSA) is 121 Å². The van der Waals surface area contributed by atoms with Crippen molar-refractivity contribution in [3.63, 3.8) is 0 Å². The van der Waals surface area contributed by atoms with Gasteiger partial charge in [0.2, 0.25) is 6.29 Å². The Morgan fingerprint density at radius 3 is 2.51 bits per heavy atom. The molecule has 2 aromatic carbocycles. The molecule has 10 heteroatoms. The van der Waals surface area contributed by atoms with E-state index in [2.05, 4.69) is 11.1 Å². The second-order valence-corrected chi connectivity index (χ2v) is 10.4. The van der Waals surface area contributed by atoms with Crippen molar-refractivity contribution in [1.29, 1.82) is 5.26 Å². The first-order chi connectivity index (χ1) is 18.8. The number of fused-ring (bicyclic) bond motifs is 3. The van der Waals surface area contributed by atoms with Crippen LogP contribution in [0.3, 0.4) is 0 Å². The molecule has 2 aliphatic rings. The molecule has 0 saturated heterocycles. The van der Waals surface area contributed by atoms with E-state index < -0.39 is 35.4 Å². The Morgan fingerprint density at radius 2 is 1.82 bits per heavy atom. The van der Waals surface area contributed by atoms with E-state index in [0.29, 0.717) is 21.3 Å². The van der Waals surface area contributed by atoms with Gasteiger partial charge in [-0.15, -0.1) is 0 Å². The molecule has 2 aromatic heterocycles. The van der Waals surface area contributed by atoms with Gasteiger partial charge in [-0.1, -0.05) is 72.3 Å². The number of aliphatic hydroxyl groups excluding tert-OH is 2. The lowest BCUT2D eigenvalue weighted by Gasteiger charge is -2.40. The van der Waals surface area contributed by atoms with Crippen molar-refractivity contribution in [1.82, 2.24) is 9.71 Å². The summed E-state index contributed by atoms with van der Waals surface area (Å²) in [5, 5.41) is 45.8. The van der Waals surface area contributed by atoms with Crippen molar-refractivity contribution in [2.45, 2.75) is 29.5 Å². The van der Waals surface area contributed by atoms with Crippen LogP contribution in [0.25, 0.3) is 0 Å². The highest BCUT2D eigenvalue weighted by Gasteiger charge is 2.78. The van der Waals surface area contributed by atoms with E-state index >= 15 is 0 Å². The van der Waals surface area contributed by atoms with Crippen LogP contribution in [0, 0.1) is 21.9 Å². The Labute approximate surface area is 233 Å². The van der Waals surface area contributed by atoms with Gasteiger partial charge in [-0.3, -0.25) is 4.98 Å². The highest BCUT2D eigenvalue weighted by molar-refractivity contribution is 7.71. The number of hydrogen-bond acceptors (Lipinski definition) is 8. The van der Waals surface area contributed by atoms with E-state index in [1.807, 2.05) is 30.3 Å². The zero-order valence-electron chi connectivity index (χ0n) is 20.3. The summed E-state index contributed by atoms with van der Waals surface area (Å²) in [4.78, 5) is 10.2. The summed E-state index contributed by atoms with van der Waals surface area (Å²) in [5.41, 5.74) is -2.21. The maximum atomic E-state index is 12.6. The number of aromatic nitrogens is 2. The van der Waals surface area contributed by atoms with Crippen molar-refractivity contribution < 1.29 is 24.9 Å². The highest BCUT2D eigenvalue weighted by Crippen LogP contribution is 2.68. The monoisotopic (exact) mass is 559 g/mol. The van der Waals surface area contributed by atoms with Crippen LogP contribution < -0.4 is 9.57 Å². The molecule has 6 rings (SSSR count). The fourth-order valence-corrected chi connectivity index (χ4v) is 6.31. The third-order valence-electron chi connectivity index (χ3n) is 7.57. The molecule has 3 N–H and O–H groups in total. The molecule has 39 heavy (non-hydrogen) atoms. The van der Waals surface area contributed by atoms with Crippen LogP contribution in [0.2, 0.25) is 5.02 Å². The second-order valence-electron chi connectivity index (χ2n) is 9.56. The molecule has 0 amide bonds. The molecular formula is C29H22ClN3O5S. The van der Waals surface area contributed by atoms with E-state index in [0.717, 1.165) is 0 Å². The van der Waals surface area contributed by atoms with Crippen molar-refractivity contribution >= 4 is 23.8 Å². The second kappa shape index (κ2) is 9.45. The first-order valence-corrected chi connectivity index (χ1v) is 12.9. The summed E-state index contributed by atoms with van der Waals surface area (Å²) < 4.78 is 8.15. The molecule has 1 aliphatic carbocycles. The Balaban J connectivity index is 1.61. The SMILES string of the molecule is N#Cc1ccc([C@@]23Oc4cc(Cl)cnc4[C@]2(O)[C@H](O)[C@H](C(O)On2ccccc2=S)[C@H]3c2ccccc2)cc1. The van der Waals surface area contributed by atoms with Crippen LogP contribution in [0.15, 0.2) is 91.3 Å². The number of ether oxygens (including phenoxy) is 1. The minimum atomic E-state index is -2.14. The number of rotatable bonds is 5. The third-order valence-corrected chi connectivity index (χ3v) is 8.10. The van der Waals surface area contributed by atoms with Crippen LogP contribution in [0.4, 0.5) is 0 Å². The zero-order chi connectivity index (χ0) is 27.4. The lowest BCUT2D eigenvalue weighted by atomic mass is 9.71. The average Bonchev–Trinajstić information content (AvgIpc) is 3.32. The van der Waals surface area contributed by atoms with Gasteiger partial charge in [-0.05, 0) is 35.4 Å². The van der Waals surface area contributed by atoms with Gasteiger partial charge >= 0.3 is 0 Å². The van der Waals surface area contributed by atoms with Gasteiger partial charge < -0.3 is 24.9 Å². The molecular weight excluding hydrogens is 538 g/mol. The van der Waals surface area contributed by atoms with E-state index in [1.165, 1.54) is 17.0 Å². The van der Waals surface area contributed by atoms with Crippen molar-refractivity contribution in [3.8, 4) is 11.8 Å². The molecule has 6 atom stereocenters. The molecule has 1 aliphatic heterocycles. The highest BCUT2D eigenvalue weighted by atomic mass is 35.5. The van der Waals surface area contributed by atoms with Gasteiger partial charge in [-0.2, -0.15) is 9.99 Å². The zero-order valence-corrected chi connectivity index (χ0v) is 21.8. The molecule has 0 spiro atoms. The third kappa shape index (κ3) is 3.68. The molecule has 4 aromatic rings. The number of nitriles is 1. The lowest BCUT2D eigenvalue weighted by Crippen LogP contribution is -2.52. The van der Waals surface area contributed by atoms with Crippen LogP contribution in [0.1, 0.15) is 28.3 Å². The molecule has 1 saturated carbocycles. The lowest BCUT2D eigenvalue weighted by molar-refractivity contribution is -0.182. The summed E-state index contributed by atoms with van der Waals surface area (Å²) in [6.07, 6.45) is -0.347. The van der Waals surface area contributed by atoms with Gasteiger partial charge in [0.15, 0.2) is 11.2 Å². The first kappa shape index (κ1) is 25.5. The van der Waals surface area contributed by atoms with Gasteiger partial charge in [-0.25, -0.2) is 0 Å². The molecule has 0 bridgehead atoms. The maximum absolute atomic E-state index is 12.6. The fraction of sp³-hybridized carbons (Fsp3) is 0.207. The number of hydrogen-bond donors (Lipinski definition) is 3. The largest absolute Gasteiger partial charge is 0.476 e. The molecule has 0 radical (unpaired) electrons. The van der Waals surface area contributed by atoms with Crippen molar-refractivity contribution in [3.05, 3.63) is 123 Å². The van der Waals surface area contributed by atoms with E-state index in [9.17, 15) is 20.6 Å². The Bertz CT molecular complexity index is 1640. The summed E-state index contributed by atoms with van der Waals surface area (Å²) in [6.45, 7) is 0. The number of aliphatic hydroxyl groups is 3. The van der Waals surface area contributed by atoms with E-state index in [4.69, 9.17) is 33.4 Å². The van der Waals surface area contributed by atoms with Gasteiger partial charge in [0, 0.05) is 24.4 Å². The summed E-state index contributed by atoms with van der Waals surface area (Å²) >= 11 is 11.6. The fourth-order valence-electron chi connectivity index (χ4n) is 5.98. The number of halogens is 1. The average molecular weight is 560 g/mol. The van der Waals surface area contributed by atoms with Crippen molar-refractivity contribution in [2.75, 3.05) is 0 Å². The van der Waals surface area contributed by atoms with Crippen LogP contribution in [0.5, 0.6) is 5.75 Å². The smallest absolute Gasteiger partial charge is 0.228 e. The van der Waals surface area contributed by atoms with E-state index in [-0.39, 0.29) is 16.5 Å².